The van der Waals surface area contributed by atoms with Crippen LogP contribution in [0.1, 0.15) is 60.1 Å². The van der Waals surface area contributed by atoms with E-state index in [4.69, 9.17) is 31.3 Å². The number of aryl methyl sites for hydroxylation is 2. The van der Waals surface area contributed by atoms with Crippen LogP contribution in [0.3, 0.4) is 0 Å². The van der Waals surface area contributed by atoms with Gasteiger partial charge < -0.3 is 15.0 Å². The summed E-state index contributed by atoms with van der Waals surface area (Å²) in [6, 6.07) is 2.95. The van der Waals surface area contributed by atoms with E-state index >= 15 is 4.39 Å². The van der Waals surface area contributed by atoms with E-state index in [0.29, 0.717) is 65.4 Å². The summed E-state index contributed by atoms with van der Waals surface area (Å²) in [5, 5.41) is 15.2. The highest BCUT2D eigenvalue weighted by Gasteiger charge is 2.50. The van der Waals surface area contributed by atoms with E-state index in [1.165, 1.54) is 11.3 Å². The molecule has 0 amide bonds. The van der Waals surface area contributed by atoms with E-state index in [-0.39, 0.29) is 40.8 Å². The van der Waals surface area contributed by atoms with Crippen LogP contribution in [0.15, 0.2) is 12.8 Å². The van der Waals surface area contributed by atoms with Crippen molar-refractivity contribution in [2.75, 3.05) is 31.1 Å². The van der Waals surface area contributed by atoms with E-state index in [9.17, 15) is 9.65 Å². The number of benzene rings is 1. The zero-order chi connectivity index (χ0) is 32.4. The Morgan fingerprint density at radius 2 is 2.09 bits per heavy atom. The molecule has 1 aromatic carbocycles. The Labute approximate surface area is 280 Å². The number of hydrogen-bond donors (Lipinski definition) is 1. The number of nitrogens with one attached hydrogen (secondary N) is 1. The number of alkyl halides is 1. The van der Waals surface area contributed by atoms with Crippen LogP contribution in [0.5, 0.6) is 6.01 Å². The molecule has 2 bridgehead atoms. The quantitative estimate of drug-likeness (QED) is 0.251. The minimum absolute atomic E-state index is 0.0437. The number of rotatable bonds is 4. The molecule has 0 aliphatic carbocycles. The number of hydrogen-bond acceptors (Lipinski definition) is 9. The first-order valence-electron chi connectivity index (χ1n) is 16.4. The Kier molecular flexibility index (Phi) is 6.65. The number of ether oxygens (including phenoxy) is 1. The van der Waals surface area contributed by atoms with Crippen LogP contribution >= 0.6 is 22.9 Å². The third kappa shape index (κ3) is 4.24. The second-order valence-electron chi connectivity index (χ2n) is 14.0. The molecule has 4 fully saturated rings. The normalized spacial score (nSPS) is 28.2. The van der Waals surface area contributed by atoms with Gasteiger partial charge in [0.25, 0.3) is 0 Å². The fourth-order valence-electron chi connectivity index (χ4n) is 9.12. The molecule has 4 aromatic rings. The minimum Gasteiger partial charge on any atom is -0.461 e. The lowest BCUT2D eigenvalue weighted by Crippen LogP contribution is -2.58. The summed E-state index contributed by atoms with van der Waals surface area (Å²) in [6.07, 6.45) is 5.74. The van der Waals surface area contributed by atoms with Crippen LogP contribution in [0, 0.1) is 31.0 Å². The van der Waals surface area contributed by atoms with E-state index in [1.807, 2.05) is 13.8 Å². The zero-order valence-electron chi connectivity index (χ0n) is 26.3. The molecule has 4 saturated heterocycles. The number of halogens is 3. The van der Waals surface area contributed by atoms with Crippen molar-refractivity contribution in [3.8, 4) is 23.3 Å². The largest absolute Gasteiger partial charge is 0.461 e. The average molecular weight is 674 g/mol. The highest BCUT2D eigenvalue weighted by atomic mass is 35.5. The van der Waals surface area contributed by atoms with Crippen molar-refractivity contribution >= 4 is 55.3 Å². The molecule has 9 rings (SSSR count). The Balaban J connectivity index is 1.29. The predicted molar refractivity (Wildman–Crippen MR) is 181 cm³/mol. The number of anilines is 1. The van der Waals surface area contributed by atoms with Gasteiger partial charge in [0.05, 0.1) is 32.8 Å². The third-order valence-corrected chi connectivity index (χ3v) is 12.9. The molecule has 47 heavy (non-hydrogen) atoms. The Bertz CT molecular complexity index is 2080. The number of aromatic nitrogens is 3. The molecule has 3 aromatic heterocycles. The molecule has 1 N–H and O–H groups in total. The van der Waals surface area contributed by atoms with E-state index in [1.54, 1.807) is 6.20 Å². The van der Waals surface area contributed by atoms with E-state index < -0.39 is 17.5 Å². The van der Waals surface area contributed by atoms with Gasteiger partial charge in [0.1, 0.15) is 30.2 Å². The van der Waals surface area contributed by atoms with Crippen molar-refractivity contribution in [3.05, 3.63) is 45.2 Å². The number of nitrogens with zero attached hydrogens (tertiary/aromatic N) is 6. The maximum atomic E-state index is 17.4. The van der Waals surface area contributed by atoms with Crippen molar-refractivity contribution in [1.82, 2.24) is 25.2 Å². The maximum absolute atomic E-state index is 17.4. The average Bonchev–Trinajstić information content (AvgIpc) is 3.77. The Morgan fingerprint density at radius 3 is 2.91 bits per heavy atom. The first-order chi connectivity index (χ1) is 22.7. The fourth-order valence-corrected chi connectivity index (χ4v) is 10.6. The summed E-state index contributed by atoms with van der Waals surface area (Å²) >= 11 is 8.79. The molecule has 5 aliphatic heterocycles. The van der Waals surface area contributed by atoms with Gasteiger partial charge >= 0.3 is 6.01 Å². The number of fused-ring (bicyclic) bond motifs is 7. The lowest BCUT2D eigenvalue weighted by molar-refractivity contribution is 0.107. The lowest BCUT2D eigenvalue weighted by atomic mass is 9.91. The highest BCUT2D eigenvalue weighted by molar-refractivity contribution is 7.19. The number of pyridine rings is 1. The van der Waals surface area contributed by atoms with Crippen LogP contribution in [-0.2, 0) is 0 Å². The van der Waals surface area contributed by atoms with Crippen molar-refractivity contribution in [3.63, 3.8) is 0 Å². The first-order valence-corrected chi connectivity index (χ1v) is 17.6. The molecule has 0 saturated carbocycles. The molecule has 0 spiro atoms. The second kappa shape index (κ2) is 10.5. The molecule has 12 heteroatoms. The summed E-state index contributed by atoms with van der Waals surface area (Å²) in [5.41, 5.74) is 2.85. The molecule has 242 valence electrons. The molecule has 5 atom stereocenters. The molecular formula is C35H34ClF2N7OS. The topological polar surface area (TPSA) is 90.2 Å². The van der Waals surface area contributed by atoms with Crippen LogP contribution < -0.4 is 15.0 Å². The van der Waals surface area contributed by atoms with Gasteiger partial charge in [0.15, 0.2) is 5.82 Å². The molecule has 0 radical (unpaired) electrons. The summed E-state index contributed by atoms with van der Waals surface area (Å²) in [6.45, 7) is 10.5. The molecule has 8 nitrogen and oxygen atoms in total. The van der Waals surface area contributed by atoms with E-state index in [0.717, 1.165) is 52.9 Å². The number of nitriles is 1. The second-order valence-corrected chi connectivity index (χ2v) is 15.6. The molecule has 8 heterocycles. The Morgan fingerprint density at radius 1 is 1.23 bits per heavy atom. The highest BCUT2D eigenvalue weighted by Crippen LogP contribution is 2.51. The third-order valence-electron chi connectivity index (χ3n) is 11.3. The fraction of sp³-hybridized carbons (Fsp3) is 0.486. The van der Waals surface area contributed by atoms with Crippen LogP contribution in [0.2, 0.25) is 5.02 Å². The zero-order valence-corrected chi connectivity index (χ0v) is 27.9. The van der Waals surface area contributed by atoms with Crippen LogP contribution in [0.25, 0.3) is 37.8 Å². The predicted octanol–water partition coefficient (Wildman–Crippen LogP) is 6.87. The van der Waals surface area contributed by atoms with Crippen LogP contribution in [0.4, 0.5) is 14.6 Å². The van der Waals surface area contributed by atoms with Gasteiger partial charge in [-0.25, -0.2) is 8.78 Å². The smallest absolute Gasteiger partial charge is 0.319 e. The SMILES string of the molecule is C=C1C[C@@H]2[C@@H]3CC[C@H](CN2c2nc(OC[C@@]45CCCN4C[C@H](F)C5)nc4c(F)c(-c5ncc(C)c6sc(C)c(C#N)c56)c(Cl)c1c24)N3. The van der Waals surface area contributed by atoms with Gasteiger partial charge in [-0.15, -0.1) is 11.3 Å². The summed E-state index contributed by atoms with van der Waals surface area (Å²) in [7, 11) is 0. The minimum atomic E-state index is -0.897. The van der Waals surface area contributed by atoms with Gasteiger partial charge in [0, 0.05) is 64.4 Å². The van der Waals surface area contributed by atoms with Gasteiger partial charge in [-0.1, -0.05) is 18.2 Å². The lowest BCUT2D eigenvalue weighted by Gasteiger charge is -2.41. The monoisotopic (exact) mass is 673 g/mol. The Hall–Kier alpha value is -3.43. The first kappa shape index (κ1) is 29.7. The molecule has 0 unspecified atom stereocenters. The number of thiophene rings is 1. The summed E-state index contributed by atoms with van der Waals surface area (Å²) in [4.78, 5) is 19.8. The van der Waals surface area contributed by atoms with Gasteiger partial charge in [-0.2, -0.15) is 15.2 Å². The van der Waals surface area contributed by atoms with Crippen molar-refractivity contribution in [1.29, 1.82) is 5.26 Å². The molecule has 5 aliphatic rings. The maximum Gasteiger partial charge on any atom is 0.319 e. The standard InChI is InChI=1S/C35H34ClF2N7OS/c1-16-9-23-22-6-5-20(41-22)14-45(23)33-26-24(16)28(36)27(30-25-21(11-39)18(3)47-32(25)17(2)12-40-30)29(38)31(26)42-34(43-33)46-15-35-7-4-8-44(35)13-19(37)10-35/h12,19-20,22-23,41H,1,4-10,13-15H2,2-3H3/t19-,20-,22+,23-,35+/m1/s1. The van der Waals surface area contributed by atoms with Gasteiger partial charge in [-0.05, 0) is 63.6 Å². The summed E-state index contributed by atoms with van der Waals surface area (Å²) < 4.78 is 39.2. The van der Waals surface area contributed by atoms with E-state index in [2.05, 4.69) is 27.8 Å². The number of piperazine rings is 1. The molecular weight excluding hydrogens is 640 g/mol. The van der Waals surface area contributed by atoms with Crippen molar-refractivity contribution in [2.24, 2.45) is 0 Å². The summed E-state index contributed by atoms with van der Waals surface area (Å²) in [5.74, 6) is -0.0431. The van der Waals surface area contributed by atoms with Crippen LogP contribution in [-0.4, -0.2) is 75.9 Å². The van der Waals surface area contributed by atoms with Gasteiger partial charge in [0.2, 0.25) is 0 Å². The van der Waals surface area contributed by atoms with Crippen molar-refractivity contribution < 1.29 is 13.5 Å². The van der Waals surface area contributed by atoms with Crippen molar-refractivity contribution in [2.45, 2.75) is 82.2 Å². The van der Waals surface area contributed by atoms with Gasteiger partial charge in [-0.3, -0.25) is 9.88 Å².